The molecule has 1 aliphatic rings. The molecule has 136 valence electrons. The van der Waals surface area contributed by atoms with Crippen LogP contribution in [-0.4, -0.2) is 55.7 Å². The molecule has 9 heteroatoms. The zero-order valence-corrected chi connectivity index (χ0v) is 14.7. The summed E-state index contributed by atoms with van der Waals surface area (Å²) in [6, 6.07) is 0. The van der Waals surface area contributed by atoms with Crippen molar-refractivity contribution in [3.8, 4) is 0 Å². The molecule has 1 fully saturated rings. The van der Waals surface area contributed by atoms with Gasteiger partial charge in [-0.3, -0.25) is 18.7 Å². The molecule has 3 rings (SSSR count). The van der Waals surface area contributed by atoms with Crippen molar-refractivity contribution >= 4 is 17.1 Å². The van der Waals surface area contributed by atoms with E-state index in [4.69, 9.17) is 0 Å². The SMILES string of the molecule is Cn1c(=O)c2c(ncn2CC(=O)NCCN2CCCCC2)n(C)c1=O. The maximum absolute atomic E-state index is 12.3. The van der Waals surface area contributed by atoms with Crippen LogP contribution in [0.25, 0.3) is 11.2 Å². The normalized spacial score (nSPS) is 15.6. The average Bonchev–Trinajstić information content (AvgIpc) is 3.02. The standard InChI is InChI=1S/C16H24N6O3/c1-19-14-13(15(24)20(2)16(19)25)22(11-18-14)10-12(23)17-6-9-21-7-4-3-5-8-21/h11H,3-10H2,1-2H3,(H,17,23). The fourth-order valence-electron chi connectivity index (χ4n) is 3.26. The van der Waals surface area contributed by atoms with Gasteiger partial charge in [-0.1, -0.05) is 6.42 Å². The lowest BCUT2D eigenvalue weighted by Crippen LogP contribution is -2.39. The molecule has 1 amide bonds. The predicted octanol–water partition coefficient (Wildman–Crippen LogP) is -0.964. The van der Waals surface area contributed by atoms with Gasteiger partial charge in [0.15, 0.2) is 11.2 Å². The Bertz CT molecular complexity index is 888. The number of carbonyl (C=O) groups is 1. The third-order valence-electron chi connectivity index (χ3n) is 4.73. The number of fused-ring (bicyclic) bond motifs is 1. The fraction of sp³-hybridized carbons (Fsp3) is 0.625. The second kappa shape index (κ2) is 7.22. The summed E-state index contributed by atoms with van der Waals surface area (Å²) in [6.45, 7) is 3.61. The van der Waals surface area contributed by atoms with Crippen molar-refractivity contribution in [2.24, 2.45) is 14.1 Å². The molecule has 1 N–H and O–H groups in total. The minimum absolute atomic E-state index is 0.00391. The molecule has 0 unspecified atom stereocenters. The number of nitrogens with one attached hydrogen (secondary N) is 1. The molecule has 2 aromatic heterocycles. The van der Waals surface area contributed by atoms with Gasteiger partial charge in [-0.2, -0.15) is 0 Å². The summed E-state index contributed by atoms with van der Waals surface area (Å²) < 4.78 is 3.82. The average molecular weight is 348 g/mol. The third-order valence-corrected chi connectivity index (χ3v) is 4.73. The van der Waals surface area contributed by atoms with Crippen LogP contribution < -0.4 is 16.6 Å². The Morgan fingerprint density at radius 3 is 2.60 bits per heavy atom. The molecule has 9 nitrogen and oxygen atoms in total. The maximum Gasteiger partial charge on any atom is 0.332 e. The number of likely N-dealkylation sites (tertiary alicyclic amines) is 1. The van der Waals surface area contributed by atoms with Crippen LogP contribution in [0.1, 0.15) is 19.3 Å². The molecule has 25 heavy (non-hydrogen) atoms. The second-order valence-corrected chi connectivity index (χ2v) is 6.50. The minimum Gasteiger partial charge on any atom is -0.353 e. The number of hydrogen-bond acceptors (Lipinski definition) is 5. The van der Waals surface area contributed by atoms with E-state index in [0.29, 0.717) is 6.54 Å². The van der Waals surface area contributed by atoms with Crippen LogP contribution in [0.5, 0.6) is 0 Å². The van der Waals surface area contributed by atoms with Crippen molar-refractivity contribution in [2.75, 3.05) is 26.2 Å². The Labute approximate surface area is 144 Å². The summed E-state index contributed by atoms with van der Waals surface area (Å²) in [4.78, 5) is 42.9. The summed E-state index contributed by atoms with van der Waals surface area (Å²) in [6.07, 6.45) is 5.15. The van der Waals surface area contributed by atoms with Crippen LogP contribution in [-0.2, 0) is 25.4 Å². The smallest absolute Gasteiger partial charge is 0.332 e. The summed E-state index contributed by atoms with van der Waals surface area (Å²) in [5.41, 5.74) is -0.338. The summed E-state index contributed by atoms with van der Waals surface area (Å²) >= 11 is 0. The Morgan fingerprint density at radius 2 is 1.88 bits per heavy atom. The van der Waals surface area contributed by atoms with Gasteiger partial charge in [-0.15, -0.1) is 0 Å². The van der Waals surface area contributed by atoms with Crippen LogP contribution in [0.3, 0.4) is 0 Å². The highest BCUT2D eigenvalue weighted by Gasteiger charge is 2.16. The summed E-state index contributed by atoms with van der Waals surface area (Å²) in [7, 11) is 2.97. The first-order valence-electron chi connectivity index (χ1n) is 8.59. The molecular weight excluding hydrogens is 324 g/mol. The highest BCUT2D eigenvalue weighted by atomic mass is 16.2. The fourth-order valence-corrected chi connectivity index (χ4v) is 3.26. The number of rotatable bonds is 5. The van der Waals surface area contributed by atoms with E-state index in [-0.39, 0.29) is 23.6 Å². The zero-order valence-electron chi connectivity index (χ0n) is 14.7. The number of nitrogens with zero attached hydrogens (tertiary/aromatic N) is 5. The number of amides is 1. The molecule has 0 radical (unpaired) electrons. The second-order valence-electron chi connectivity index (χ2n) is 6.50. The third kappa shape index (κ3) is 3.51. The molecule has 1 saturated heterocycles. The molecule has 0 aromatic carbocycles. The van der Waals surface area contributed by atoms with E-state index in [9.17, 15) is 14.4 Å². The van der Waals surface area contributed by atoms with Crippen molar-refractivity contribution in [1.29, 1.82) is 0 Å². The van der Waals surface area contributed by atoms with Crippen molar-refractivity contribution in [3.63, 3.8) is 0 Å². The Hall–Kier alpha value is -2.42. The number of carbonyl (C=O) groups excluding carboxylic acids is 1. The van der Waals surface area contributed by atoms with Crippen LogP contribution in [0.4, 0.5) is 0 Å². The van der Waals surface area contributed by atoms with E-state index >= 15 is 0 Å². The van der Waals surface area contributed by atoms with Crippen LogP contribution in [0.15, 0.2) is 15.9 Å². The summed E-state index contributed by atoms with van der Waals surface area (Å²) in [5.74, 6) is -0.174. The monoisotopic (exact) mass is 348 g/mol. The van der Waals surface area contributed by atoms with Gasteiger partial charge in [-0.25, -0.2) is 9.78 Å². The van der Waals surface area contributed by atoms with Crippen LogP contribution in [0, 0.1) is 0 Å². The van der Waals surface area contributed by atoms with Gasteiger partial charge in [-0.05, 0) is 25.9 Å². The Morgan fingerprint density at radius 1 is 1.16 bits per heavy atom. The minimum atomic E-state index is -0.447. The number of aromatic nitrogens is 4. The van der Waals surface area contributed by atoms with Crippen molar-refractivity contribution < 1.29 is 4.79 Å². The van der Waals surface area contributed by atoms with E-state index < -0.39 is 11.2 Å². The highest BCUT2D eigenvalue weighted by Crippen LogP contribution is 2.07. The van der Waals surface area contributed by atoms with Crippen LogP contribution >= 0.6 is 0 Å². The van der Waals surface area contributed by atoms with E-state index in [1.165, 1.54) is 41.8 Å². The van der Waals surface area contributed by atoms with Gasteiger partial charge in [0.05, 0.1) is 6.33 Å². The summed E-state index contributed by atoms with van der Waals surface area (Å²) in [5, 5.41) is 2.89. The number of piperidine rings is 1. The molecule has 2 aromatic rings. The Balaban J connectivity index is 1.67. The van der Waals surface area contributed by atoms with Crippen LogP contribution in [0.2, 0.25) is 0 Å². The van der Waals surface area contributed by atoms with E-state index in [2.05, 4.69) is 15.2 Å². The van der Waals surface area contributed by atoms with Crippen molar-refractivity contribution in [2.45, 2.75) is 25.8 Å². The van der Waals surface area contributed by atoms with Crippen molar-refractivity contribution in [3.05, 3.63) is 27.2 Å². The molecule has 0 saturated carbocycles. The van der Waals surface area contributed by atoms with Gasteiger partial charge in [0.1, 0.15) is 6.54 Å². The molecule has 3 heterocycles. The first-order valence-corrected chi connectivity index (χ1v) is 8.59. The quantitative estimate of drug-likeness (QED) is 0.751. The van der Waals surface area contributed by atoms with E-state index in [0.717, 1.165) is 24.2 Å². The molecular formula is C16H24N6O3. The molecule has 0 aliphatic carbocycles. The Kier molecular flexibility index (Phi) is 5.03. The zero-order chi connectivity index (χ0) is 18.0. The lowest BCUT2D eigenvalue weighted by Gasteiger charge is -2.26. The molecule has 0 atom stereocenters. The molecule has 1 aliphatic heterocycles. The van der Waals surface area contributed by atoms with Gasteiger partial charge in [0.2, 0.25) is 5.91 Å². The number of imidazole rings is 1. The number of hydrogen-bond donors (Lipinski definition) is 1. The first-order chi connectivity index (χ1) is 12.0. The molecule has 0 spiro atoms. The lowest BCUT2D eigenvalue weighted by atomic mass is 10.1. The maximum atomic E-state index is 12.3. The van der Waals surface area contributed by atoms with Gasteiger partial charge >= 0.3 is 5.69 Å². The van der Waals surface area contributed by atoms with Gasteiger partial charge in [0, 0.05) is 27.2 Å². The van der Waals surface area contributed by atoms with Crippen molar-refractivity contribution in [1.82, 2.24) is 28.9 Å². The predicted molar refractivity (Wildman–Crippen MR) is 93.5 cm³/mol. The van der Waals surface area contributed by atoms with Gasteiger partial charge in [0.25, 0.3) is 5.56 Å². The largest absolute Gasteiger partial charge is 0.353 e. The molecule has 0 bridgehead atoms. The van der Waals surface area contributed by atoms with Gasteiger partial charge < -0.3 is 14.8 Å². The lowest BCUT2D eigenvalue weighted by molar-refractivity contribution is -0.121. The first kappa shape index (κ1) is 17.4. The van der Waals surface area contributed by atoms with E-state index in [1.807, 2.05) is 0 Å². The van der Waals surface area contributed by atoms with E-state index in [1.54, 1.807) is 7.05 Å². The highest BCUT2D eigenvalue weighted by molar-refractivity contribution is 5.78. The topological polar surface area (TPSA) is 94.2 Å². The number of aryl methyl sites for hydroxylation is 1.